The summed E-state index contributed by atoms with van der Waals surface area (Å²) in [6, 6.07) is 9.39. The molecule has 0 aliphatic carbocycles. The summed E-state index contributed by atoms with van der Waals surface area (Å²) in [4.78, 5) is 0. The molecule has 5 nitrogen and oxygen atoms in total. The quantitative estimate of drug-likeness (QED) is 0.783. The predicted molar refractivity (Wildman–Crippen MR) is 104 cm³/mol. The van der Waals surface area contributed by atoms with Gasteiger partial charge in [-0.2, -0.15) is 0 Å². The summed E-state index contributed by atoms with van der Waals surface area (Å²) in [5.74, 6) is 1.28. The van der Waals surface area contributed by atoms with Crippen LogP contribution in [0.4, 0.5) is 5.82 Å². The van der Waals surface area contributed by atoms with E-state index in [0.29, 0.717) is 6.54 Å². The summed E-state index contributed by atoms with van der Waals surface area (Å²) in [6.07, 6.45) is 4.09. The molecule has 2 unspecified atom stereocenters. The largest absolute Gasteiger partial charge is 0.508 e. The molecule has 1 aromatic heterocycles. The first-order valence-electron chi connectivity index (χ1n) is 8.38. The number of hydrogen-bond donors (Lipinski definition) is 3. The lowest BCUT2D eigenvalue weighted by atomic mass is 10.1. The maximum absolute atomic E-state index is 12.5. The number of aromatic nitrogens is 1. The number of phenolic OH excluding ortho intramolecular Hbond substituents is 1. The van der Waals surface area contributed by atoms with Crippen LogP contribution < -0.4 is 10.0 Å². The third-order valence-corrected chi connectivity index (χ3v) is 5.60. The van der Waals surface area contributed by atoms with Crippen molar-refractivity contribution in [1.82, 2.24) is 9.29 Å². The number of hydrogen-bond acceptors (Lipinski definition) is 3. The Kier molecular flexibility index (Phi) is 4.64. The molecule has 0 spiro atoms. The fourth-order valence-electron chi connectivity index (χ4n) is 2.72. The Hall–Kier alpha value is -2.21. The van der Waals surface area contributed by atoms with Crippen molar-refractivity contribution in [3.05, 3.63) is 53.7 Å². The van der Waals surface area contributed by atoms with Gasteiger partial charge in [-0.1, -0.05) is 12.1 Å². The maximum Gasteiger partial charge on any atom is 0.122 e. The van der Waals surface area contributed by atoms with Gasteiger partial charge in [0.15, 0.2) is 0 Å². The zero-order chi connectivity index (χ0) is 18.2. The molecule has 1 aromatic carbocycles. The van der Waals surface area contributed by atoms with Crippen LogP contribution in [0.1, 0.15) is 38.8 Å². The highest BCUT2D eigenvalue weighted by Crippen LogP contribution is 2.31. The van der Waals surface area contributed by atoms with E-state index in [-0.39, 0.29) is 16.5 Å². The number of aromatic hydroxyl groups is 1. The molecule has 6 heteroatoms. The lowest BCUT2D eigenvalue weighted by Crippen LogP contribution is -2.34. The number of fused-ring (bicyclic) bond motifs is 1. The maximum atomic E-state index is 12.5. The molecule has 0 radical (unpaired) electrons. The summed E-state index contributed by atoms with van der Waals surface area (Å²) in [5, 5.41) is 12.9. The predicted octanol–water partition coefficient (Wildman–Crippen LogP) is 3.45. The Balaban J connectivity index is 1.87. The van der Waals surface area contributed by atoms with E-state index in [1.807, 2.05) is 45.2 Å². The second kappa shape index (κ2) is 6.59. The van der Waals surface area contributed by atoms with Crippen LogP contribution in [0.5, 0.6) is 5.75 Å². The van der Waals surface area contributed by atoms with E-state index in [1.54, 1.807) is 12.1 Å². The lowest BCUT2D eigenvalue weighted by Gasteiger charge is -2.26. The van der Waals surface area contributed by atoms with Crippen molar-refractivity contribution in [3.63, 3.8) is 0 Å². The van der Waals surface area contributed by atoms with E-state index in [1.165, 1.54) is 0 Å². The molecule has 25 heavy (non-hydrogen) atoms. The minimum absolute atomic E-state index is 0.139. The van der Waals surface area contributed by atoms with Crippen molar-refractivity contribution >= 4 is 22.5 Å². The SMILES string of the molecule is CC1C=C(NS(=O)C(C)(C)C)c2ccn(Cc3ccc(O)cc3)c2N1. The fraction of sp³-hybridized carbons (Fsp3) is 0.368. The highest BCUT2D eigenvalue weighted by Gasteiger charge is 2.25. The number of benzene rings is 1. The summed E-state index contributed by atoms with van der Waals surface area (Å²) in [7, 11) is -1.17. The highest BCUT2D eigenvalue weighted by molar-refractivity contribution is 7.84. The number of nitrogens with zero attached hydrogens (tertiary/aromatic N) is 1. The van der Waals surface area contributed by atoms with E-state index in [4.69, 9.17) is 0 Å². The Bertz CT molecular complexity index is 816. The molecule has 2 heterocycles. The zero-order valence-electron chi connectivity index (χ0n) is 15.0. The van der Waals surface area contributed by atoms with E-state index < -0.39 is 11.0 Å². The first-order valence-corrected chi connectivity index (χ1v) is 9.53. The van der Waals surface area contributed by atoms with Gasteiger partial charge >= 0.3 is 0 Å². The van der Waals surface area contributed by atoms with Gasteiger partial charge in [0.2, 0.25) is 0 Å². The number of phenols is 1. The minimum atomic E-state index is -1.17. The molecule has 134 valence electrons. The average molecular weight is 359 g/mol. The van der Waals surface area contributed by atoms with Crippen LogP contribution in [0.2, 0.25) is 0 Å². The molecule has 2 aromatic rings. The number of nitrogens with one attached hydrogen (secondary N) is 2. The third-order valence-electron chi connectivity index (χ3n) is 4.08. The van der Waals surface area contributed by atoms with E-state index in [2.05, 4.69) is 27.6 Å². The van der Waals surface area contributed by atoms with Crippen LogP contribution in [0.3, 0.4) is 0 Å². The standard InChI is InChI=1S/C19H25N3O2S/c1-13-11-17(21-25(24)19(2,3)4)16-9-10-22(18(16)20-13)12-14-5-7-15(23)8-6-14/h5-11,13,20-21,23H,12H2,1-4H3. The molecule has 1 aliphatic heterocycles. The van der Waals surface area contributed by atoms with Crippen molar-refractivity contribution < 1.29 is 9.32 Å². The van der Waals surface area contributed by atoms with Crippen LogP contribution in [0.25, 0.3) is 5.70 Å². The zero-order valence-corrected chi connectivity index (χ0v) is 15.9. The lowest BCUT2D eigenvalue weighted by molar-refractivity contribution is 0.475. The molecule has 1 aliphatic rings. The monoisotopic (exact) mass is 359 g/mol. The summed E-state index contributed by atoms with van der Waals surface area (Å²) < 4.78 is 17.5. The van der Waals surface area contributed by atoms with Crippen LogP contribution >= 0.6 is 0 Å². The normalized spacial score (nSPS) is 18.1. The Labute approximate surface area is 151 Å². The molecular formula is C19H25N3O2S. The summed E-state index contributed by atoms with van der Waals surface area (Å²) in [5.41, 5.74) is 3.03. The molecule has 3 N–H and O–H groups in total. The number of anilines is 1. The van der Waals surface area contributed by atoms with Gasteiger partial charge in [0.25, 0.3) is 0 Å². The molecule has 0 fully saturated rings. The van der Waals surface area contributed by atoms with Crippen LogP contribution in [0, 0.1) is 0 Å². The Morgan fingerprint density at radius 1 is 1.24 bits per heavy atom. The summed E-state index contributed by atoms with van der Waals surface area (Å²) in [6.45, 7) is 8.64. The van der Waals surface area contributed by atoms with Gasteiger partial charge in [-0.3, -0.25) is 0 Å². The molecule has 2 atom stereocenters. The fourth-order valence-corrected chi connectivity index (χ4v) is 3.40. The first-order chi connectivity index (χ1) is 11.7. The molecule has 0 saturated carbocycles. The van der Waals surface area contributed by atoms with Crippen LogP contribution in [-0.4, -0.2) is 24.7 Å². The molecule has 0 amide bonds. The van der Waals surface area contributed by atoms with Gasteiger partial charge in [0, 0.05) is 24.3 Å². The molecule has 0 saturated heterocycles. The molecule has 3 rings (SSSR count). The van der Waals surface area contributed by atoms with Crippen molar-refractivity contribution in [2.24, 2.45) is 0 Å². The molecule has 0 bridgehead atoms. The first kappa shape index (κ1) is 17.6. The smallest absolute Gasteiger partial charge is 0.122 e. The van der Waals surface area contributed by atoms with Crippen LogP contribution in [0.15, 0.2) is 42.6 Å². The van der Waals surface area contributed by atoms with E-state index in [0.717, 1.165) is 22.6 Å². The topological polar surface area (TPSA) is 66.3 Å². The molecular weight excluding hydrogens is 334 g/mol. The van der Waals surface area contributed by atoms with E-state index in [9.17, 15) is 9.32 Å². The minimum Gasteiger partial charge on any atom is -0.508 e. The van der Waals surface area contributed by atoms with Gasteiger partial charge in [-0.05, 0) is 57.5 Å². The van der Waals surface area contributed by atoms with Crippen molar-refractivity contribution in [2.75, 3.05) is 5.32 Å². The highest BCUT2D eigenvalue weighted by atomic mass is 32.2. The van der Waals surface area contributed by atoms with Crippen LogP contribution in [-0.2, 0) is 17.5 Å². The Morgan fingerprint density at radius 2 is 1.92 bits per heavy atom. The van der Waals surface area contributed by atoms with Crippen molar-refractivity contribution in [3.8, 4) is 5.75 Å². The van der Waals surface area contributed by atoms with Gasteiger partial charge in [0.05, 0.1) is 10.4 Å². The third kappa shape index (κ3) is 3.90. The van der Waals surface area contributed by atoms with Crippen molar-refractivity contribution in [1.29, 1.82) is 0 Å². The van der Waals surface area contributed by atoms with Crippen molar-refractivity contribution in [2.45, 2.75) is 45.0 Å². The Morgan fingerprint density at radius 3 is 2.56 bits per heavy atom. The summed E-state index contributed by atoms with van der Waals surface area (Å²) >= 11 is 0. The average Bonchev–Trinajstić information content (AvgIpc) is 2.91. The van der Waals surface area contributed by atoms with Gasteiger partial charge in [-0.15, -0.1) is 0 Å². The number of rotatable bonds is 4. The van der Waals surface area contributed by atoms with E-state index >= 15 is 0 Å². The van der Waals surface area contributed by atoms with Gasteiger partial charge in [-0.25, -0.2) is 4.21 Å². The van der Waals surface area contributed by atoms with Gasteiger partial charge in [0.1, 0.15) is 22.6 Å². The second-order valence-electron chi connectivity index (χ2n) is 7.37. The van der Waals surface area contributed by atoms with Gasteiger partial charge < -0.3 is 19.7 Å². The second-order valence-corrected chi connectivity index (χ2v) is 9.34.